The van der Waals surface area contributed by atoms with Crippen LogP contribution in [-0.2, 0) is 6.18 Å². The van der Waals surface area contributed by atoms with Gasteiger partial charge in [-0.1, -0.05) is 12.1 Å². The van der Waals surface area contributed by atoms with Gasteiger partial charge in [0.15, 0.2) is 10.9 Å². The zero-order valence-electron chi connectivity index (χ0n) is 18.8. The van der Waals surface area contributed by atoms with E-state index in [0.717, 1.165) is 22.7 Å². The number of nitrogens with zero attached hydrogens (tertiary/aromatic N) is 4. The second-order valence-electron chi connectivity index (χ2n) is 8.01. The molecule has 0 aliphatic carbocycles. The second-order valence-corrected chi connectivity index (χ2v) is 9.21. The third-order valence-corrected chi connectivity index (χ3v) is 6.62. The van der Waals surface area contributed by atoms with Crippen molar-refractivity contribution in [1.82, 2.24) is 9.97 Å². The third kappa shape index (κ3) is 4.85. The molecule has 4 rings (SSSR count). The van der Waals surface area contributed by atoms with Gasteiger partial charge in [0.05, 0.1) is 35.3 Å². The van der Waals surface area contributed by atoms with Crippen molar-refractivity contribution in [2.75, 3.05) is 34.8 Å². The molecular formula is C23H24F3N5O2S. The maximum atomic E-state index is 13.2. The first-order valence-corrected chi connectivity index (χ1v) is 11.5. The zero-order valence-corrected chi connectivity index (χ0v) is 19.7. The Morgan fingerprint density at radius 3 is 2.62 bits per heavy atom. The molecule has 1 aliphatic rings. The number of carbonyl (C=O) groups excluding carboxylic acids is 1. The lowest BCUT2D eigenvalue weighted by molar-refractivity contribution is -0.137. The minimum Gasteiger partial charge on any atom is -0.389 e. The van der Waals surface area contributed by atoms with Crippen LogP contribution in [0.2, 0.25) is 0 Å². The molecule has 0 radical (unpaired) electrons. The normalized spacial score (nSPS) is 16.3. The summed E-state index contributed by atoms with van der Waals surface area (Å²) in [5.74, 6) is 0.260. The highest BCUT2D eigenvalue weighted by Gasteiger charge is 2.32. The first kappa shape index (κ1) is 24.0. The Morgan fingerprint density at radius 1 is 1.21 bits per heavy atom. The van der Waals surface area contributed by atoms with Gasteiger partial charge in [0.2, 0.25) is 0 Å². The summed E-state index contributed by atoms with van der Waals surface area (Å²) in [6.07, 6.45) is -5.34. The predicted molar refractivity (Wildman–Crippen MR) is 127 cm³/mol. The van der Waals surface area contributed by atoms with Crippen LogP contribution < -0.4 is 15.1 Å². The van der Waals surface area contributed by atoms with Crippen LogP contribution in [0.4, 0.5) is 34.6 Å². The van der Waals surface area contributed by atoms with Crippen molar-refractivity contribution in [1.29, 1.82) is 0 Å². The van der Waals surface area contributed by atoms with E-state index < -0.39 is 23.9 Å². The van der Waals surface area contributed by atoms with Gasteiger partial charge in [-0.25, -0.2) is 14.8 Å². The highest BCUT2D eigenvalue weighted by Crippen LogP contribution is 2.36. The number of anilines is 3. The minimum absolute atomic E-state index is 0.0300. The van der Waals surface area contributed by atoms with Gasteiger partial charge >= 0.3 is 12.2 Å². The molecule has 2 amide bonds. The highest BCUT2D eigenvalue weighted by molar-refractivity contribution is 7.15. The molecule has 0 spiro atoms. The Bertz CT molecular complexity index is 1190. The van der Waals surface area contributed by atoms with Crippen LogP contribution in [-0.4, -0.2) is 46.8 Å². The molecule has 3 heterocycles. The van der Waals surface area contributed by atoms with E-state index in [1.807, 2.05) is 25.7 Å². The van der Waals surface area contributed by atoms with E-state index in [0.29, 0.717) is 17.4 Å². The van der Waals surface area contributed by atoms with Gasteiger partial charge in [-0.05, 0) is 45.0 Å². The molecule has 0 unspecified atom stereocenters. The third-order valence-electron chi connectivity index (χ3n) is 5.63. The molecule has 3 aromatic rings. The van der Waals surface area contributed by atoms with Gasteiger partial charge in [0, 0.05) is 23.5 Å². The number of amides is 2. The van der Waals surface area contributed by atoms with E-state index in [2.05, 4.69) is 15.3 Å². The number of benzene rings is 1. The molecule has 0 fully saturated rings. The Kier molecular flexibility index (Phi) is 6.50. The number of carbonyl (C=O) groups is 1. The number of aromatic nitrogens is 2. The predicted octanol–water partition coefficient (Wildman–Crippen LogP) is 5.08. The van der Waals surface area contributed by atoms with Crippen molar-refractivity contribution in [3.8, 4) is 11.3 Å². The monoisotopic (exact) mass is 491 g/mol. The van der Waals surface area contributed by atoms with Crippen molar-refractivity contribution in [2.24, 2.45) is 0 Å². The SMILES string of the molecule is CCN1C[C@@H](O)CN(C(=O)Nc2nc(C)c(C)s2)c2nc(-c3cccc(C(F)(F)F)c3)ccc21. The van der Waals surface area contributed by atoms with Gasteiger partial charge in [-0.3, -0.25) is 10.2 Å². The van der Waals surface area contributed by atoms with Crippen LogP contribution in [0.3, 0.4) is 0 Å². The Labute approximate surface area is 198 Å². The van der Waals surface area contributed by atoms with Gasteiger partial charge in [-0.2, -0.15) is 13.2 Å². The van der Waals surface area contributed by atoms with Gasteiger partial charge < -0.3 is 10.0 Å². The van der Waals surface area contributed by atoms with Crippen molar-refractivity contribution in [3.05, 3.63) is 52.5 Å². The fraction of sp³-hybridized carbons (Fsp3) is 0.348. The average molecular weight is 492 g/mol. The Morgan fingerprint density at radius 2 is 1.97 bits per heavy atom. The number of rotatable bonds is 3. The van der Waals surface area contributed by atoms with Crippen molar-refractivity contribution in [2.45, 2.75) is 33.1 Å². The minimum atomic E-state index is -4.49. The lowest BCUT2D eigenvalue weighted by Gasteiger charge is -2.25. The molecule has 0 saturated carbocycles. The molecule has 1 atom stereocenters. The number of β-amino-alcohol motifs (C(OH)–C–C–N with tert-alkyl or cyclic N) is 1. The van der Waals surface area contributed by atoms with Gasteiger partial charge in [0.1, 0.15) is 0 Å². The first-order chi connectivity index (χ1) is 16.1. The maximum Gasteiger partial charge on any atom is 0.416 e. The number of aliphatic hydroxyl groups is 1. The number of hydrogen-bond acceptors (Lipinski definition) is 6. The summed E-state index contributed by atoms with van der Waals surface area (Å²) in [6, 6.07) is 7.71. The van der Waals surface area contributed by atoms with E-state index in [1.165, 1.54) is 22.3 Å². The molecule has 2 aromatic heterocycles. The van der Waals surface area contributed by atoms with Crippen LogP contribution in [0.5, 0.6) is 0 Å². The number of likely N-dealkylation sites (N-methyl/N-ethyl adjacent to an activating group) is 1. The largest absolute Gasteiger partial charge is 0.416 e. The lowest BCUT2D eigenvalue weighted by Crippen LogP contribution is -2.41. The fourth-order valence-corrected chi connectivity index (χ4v) is 4.58. The average Bonchev–Trinajstić information content (AvgIpc) is 3.02. The fourth-order valence-electron chi connectivity index (χ4n) is 3.77. The second kappa shape index (κ2) is 9.22. The summed E-state index contributed by atoms with van der Waals surface area (Å²) in [7, 11) is 0. The van der Waals surface area contributed by atoms with Crippen LogP contribution in [0.15, 0.2) is 36.4 Å². The number of thiazole rings is 1. The zero-order chi connectivity index (χ0) is 24.6. The van der Waals surface area contributed by atoms with E-state index in [1.54, 1.807) is 18.2 Å². The molecule has 1 aromatic carbocycles. The van der Waals surface area contributed by atoms with Gasteiger partial charge in [-0.15, -0.1) is 11.3 Å². The molecule has 34 heavy (non-hydrogen) atoms. The van der Waals surface area contributed by atoms with Crippen LogP contribution in [0.25, 0.3) is 11.3 Å². The number of halogens is 3. The smallest absolute Gasteiger partial charge is 0.389 e. The number of alkyl halides is 3. The van der Waals surface area contributed by atoms with Crippen LogP contribution in [0, 0.1) is 13.8 Å². The molecule has 0 saturated heterocycles. The van der Waals surface area contributed by atoms with Crippen molar-refractivity contribution < 1.29 is 23.1 Å². The summed E-state index contributed by atoms with van der Waals surface area (Å²) in [5.41, 5.74) is 1.19. The molecule has 7 nitrogen and oxygen atoms in total. The molecule has 2 N–H and O–H groups in total. The summed E-state index contributed by atoms with van der Waals surface area (Å²) < 4.78 is 39.7. The van der Waals surface area contributed by atoms with E-state index in [4.69, 9.17) is 0 Å². The Hall–Kier alpha value is -3.18. The van der Waals surface area contributed by atoms with E-state index >= 15 is 0 Å². The summed E-state index contributed by atoms with van der Waals surface area (Å²) in [6.45, 7) is 6.46. The number of aryl methyl sites for hydroxylation is 2. The molecule has 0 bridgehead atoms. The maximum absolute atomic E-state index is 13.2. The van der Waals surface area contributed by atoms with Gasteiger partial charge in [0.25, 0.3) is 0 Å². The topological polar surface area (TPSA) is 81.6 Å². The quantitative estimate of drug-likeness (QED) is 0.534. The van der Waals surface area contributed by atoms with E-state index in [9.17, 15) is 23.1 Å². The number of nitrogens with one attached hydrogen (secondary N) is 1. The molecule has 180 valence electrons. The standard InChI is InChI=1S/C23H24F3N5O2S/c1-4-30-11-17(32)12-31(22(33)29-21-27-13(2)14(3)34-21)20-19(30)9-8-18(28-20)15-6-5-7-16(10-15)23(24,25)26/h5-10,17,32H,4,11-12H2,1-3H3,(H,27,29,33)/t17-/m1/s1. The summed E-state index contributed by atoms with van der Waals surface area (Å²) in [5, 5.41) is 13.8. The first-order valence-electron chi connectivity index (χ1n) is 10.7. The van der Waals surface area contributed by atoms with E-state index in [-0.39, 0.29) is 30.2 Å². The van der Waals surface area contributed by atoms with Crippen LogP contribution >= 0.6 is 11.3 Å². The summed E-state index contributed by atoms with van der Waals surface area (Å²) in [4.78, 5) is 26.3. The lowest BCUT2D eigenvalue weighted by atomic mass is 10.1. The van der Waals surface area contributed by atoms with Crippen molar-refractivity contribution in [3.63, 3.8) is 0 Å². The molecule has 1 aliphatic heterocycles. The highest BCUT2D eigenvalue weighted by atomic mass is 32.1. The Balaban J connectivity index is 1.77. The number of urea groups is 1. The number of hydrogen-bond donors (Lipinski definition) is 2. The summed E-state index contributed by atoms with van der Waals surface area (Å²) >= 11 is 1.33. The number of pyridine rings is 1. The van der Waals surface area contributed by atoms with Crippen LogP contribution in [0.1, 0.15) is 23.1 Å². The number of aliphatic hydroxyl groups excluding tert-OH is 1. The number of fused-ring (bicyclic) bond motifs is 1. The van der Waals surface area contributed by atoms with Crippen molar-refractivity contribution >= 4 is 34.0 Å². The molecular weight excluding hydrogens is 467 g/mol. The molecule has 11 heteroatoms.